The summed E-state index contributed by atoms with van der Waals surface area (Å²) >= 11 is 0. The van der Waals surface area contributed by atoms with Gasteiger partial charge in [-0.3, -0.25) is 4.79 Å². The van der Waals surface area contributed by atoms with Crippen molar-refractivity contribution in [2.45, 2.75) is 38.1 Å². The molecule has 3 aromatic carbocycles. The van der Waals surface area contributed by atoms with Gasteiger partial charge in [0.1, 0.15) is 11.9 Å². The molecule has 1 amide bonds. The van der Waals surface area contributed by atoms with Crippen molar-refractivity contribution >= 4 is 21.6 Å². The Hall–Kier alpha value is -3.03. The van der Waals surface area contributed by atoms with E-state index in [1.165, 1.54) is 12.1 Å². The fourth-order valence-electron chi connectivity index (χ4n) is 3.49. The molecule has 1 unspecified atom stereocenters. The predicted molar refractivity (Wildman–Crippen MR) is 120 cm³/mol. The average Bonchev–Trinajstić information content (AvgIpc) is 2.71. The van der Waals surface area contributed by atoms with Crippen LogP contribution in [0, 0.1) is 26.6 Å². The summed E-state index contributed by atoms with van der Waals surface area (Å²) in [6, 6.07) is 16.5. The van der Waals surface area contributed by atoms with Gasteiger partial charge in [-0.05, 0) is 68.1 Å². The van der Waals surface area contributed by atoms with Crippen molar-refractivity contribution in [3.63, 3.8) is 0 Å². The summed E-state index contributed by atoms with van der Waals surface area (Å²) in [7, 11) is -4.04. The minimum absolute atomic E-state index is 0.109. The second-order valence-electron chi connectivity index (χ2n) is 7.58. The molecule has 0 bridgehead atoms. The van der Waals surface area contributed by atoms with Crippen LogP contribution < -0.4 is 10.0 Å². The molecule has 0 saturated heterocycles. The lowest BCUT2D eigenvalue weighted by Gasteiger charge is -2.20. The highest BCUT2D eigenvalue weighted by Gasteiger charge is 2.27. The summed E-state index contributed by atoms with van der Waals surface area (Å²) in [4.78, 5) is 13.1. The van der Waals surface area contributed by atoms with Crippen LogP contribution in [0.3, 0.4) is 0 Å². The van der Waals surface area contributed by atoms with Gasteiger partial charge in [0.2, 0.25) is 15.9 Å². The smallest absolute Gasteiger partial charge is 0.242 e. The SMILES string of the molecule is Cc1cc(C)c(NC(=O)C(Cc2ccccc2)NS(=O)(=O)c2ccc(F)cc2)c(C)c1. The number of carbonyl (C=O) groups is 1. The van der Waals surface area contributed by atoms with Crippen LogP contribution in [-0.4, -0.2) is 20.4 Å². The van der Waals surface area contributed by atoms with E-state index in [4.69, 9.17) is 0 Å². The van der Waals surface area contributed by atoms with Gasteiger partial charge in [-0.25, -0.2) is 12.8 Å². The van der Waals surface area contributed by atoms with Crippen LogP contribution in [0.4, 0.5) is 10.1 Å². The maximum absolute atomic E-state index is 13.2. The molecule has 31 heavy (non-hydrogen) atoms. The van der Waals surface area contributed by atoms with E-state index >= 15 is 0 Å². The highest BCUT2D eigenvalue weighted by molar-refractivity contribution is 7.89. The second kappa shape index (κ2) is 9.41. The third kappa shape index (κ3) is 5.77. The van der Waals surface area contributed by atoms with Gasteiger partial charge < -0.3 is 5.32 Å². The van der Waals surface area contributed by atoms with Gasteiger partial charge in [0.15, 0.2) is 0 Å². The normalized spacial score (nSPS) is 12.4. The first-order chi connectivity index (χ1) is 14.7. The van der Waals surface area contributed by atoms with E-state index < -0.39 is 27.8 Å². The van der Waals surface area contributed by atoms with Crippen LogP contribution in [0.15, 0.2) is 71.6 Å². The van der Waals surface area contributed by atoms with E-state index in [-0.39, 0.29) is 11.3 Å². The molecule has 1 atom stereocenters. The summed E-state index contributed by atoms with van der Waals surface area (Å²) in [5, 5.41) is 2.88. The van der Waals surface area contributed by atoms with E-state index in [9.17, 15) is 17.6 Å². The number of halogens is 1. The van der Waals surface area contributed by atoms with E-state index in [0.717, 1.165) is 34.4 Å². The summed E-state index contributed by atoms with van der Waals surface area (Å²) in [6.45, 7) is 5.76. The van der Waals surface area contributed by atoms with Gasteiger partial charge in [-0.2, -0.15) is 4.72 Å². The van der Waals surface area contributed by atoms with Crippen molar-refractivity contribution < 1.29 is 17.6 Å². The van der Waals surface area contributed by atoms with E-state index in [1.54, 1.807) is 0 Å². The molecule has 0 aliphatic rings. The number of rotatable bonds is 7. The number of sulfonamides is 1. The molecule has 3 aromatic rings. The van der Waals surface area contributed by atoms with Gasteiger partial charge in [0.05, 0.1) is 4.90 Å². The molecule has 7 heteroatoms. The number of carbonyl (C=O) groups excluding carboxylic acids is 1. The Bertz CT molecular complexity index is 1150. The molecular formula is C24H25FN2O3S. The summed E-state index contributed by atoms with van der Waals surface area (Å²) < 4.78 is 41.4. The zero-order valence-corrected chi connectivity index (χ0v) is 18.5. The van der Waals surface area contributed by atoms with Gasteiger partial charge in [-0.15, -0.1) is 0 Å². The maximum atomic E-state index is 13.2. The molecule has 0 aliphatic heterocycles. The summed E-state index contributed by atoms with van der Waals surface area (Å²) in [5.41, 5.74) is 4.33. The number of hydrogen-bond acceptors (Lipinski definition) is 3. The topological polar surface area (TPSA) is 75.3 Å². The Labute approximate surface area is 182 Å². The Kier molecular flexibility index (Phi) is 6.87. The Morgan fingerprint density at radius 2 is 1.52 bits per heavy atom. The molecule has 162 valence electrons. The van der Waals surface area contributed by atoms with Crippen LogP contribution in [0.5, 0.6) is 0 Å². The zero-order chi connectivity index (χ0) is 22.6. The first kappa shape index (κ1) is 22.7. The van der Waals surface area contributed by atoms with Gasteiger partial charge in [0.25, 0.3) is 0 Å². The lowest BCUT2D eigenvalue weighted by molar-refractivity contribution is -0.117. The second-order valence-corrected chi connectivity index (χ2v) is 9.29. The van der Waals surface area contributed by atoms with Crippen LogP contribution in [-0.2, 0) is 21.2 Å². The van der Waals surface area contributed by atoms with Crippen LogP contribution in [0.2, 0.25) is 0 Å². The van der Waals surface area contributed by atoms with Crippen molar-refractivity contribution in [1.82, 2.24) is 4.72 Å². The molecule has 0 spiro atoms. The third-order valence-corrected chi connectivity index (χ3v) is 6.43. The van der Waals surface area contributed by atoms with Gasteiger partial charge >= 0.3 is 0 Å². The standard InChI is InChI=1S/C24H25FN2O3S/c1-16-13-17(2)23(18(3)14-16)26-24(28)22(15-19-7-5-4-6-8-19)27-31(29,30)21-11-9-20(25)10-12-21/h4-14,22,27H,15H2,1-3H3,(H,26,28). The molecule has 2 N–H and O–H groups in total. The van der Waals surface area contributed by atoms with E-state index in [0.29, 0.717) is 5.69 Å². The maximum Gasteiger partial charge on any atom is 0.242 e. The van der Waals surface area contributed by atoms with Crippen LogP contribution in [0.1, 0.15) is 22.3 Å². The van der Waals surface area contributed by atoms with Crippen molar-refractivity contribution in [3.05, 3.63) is 94.8 Å². The number of amides is 1. The molecule has 0 heterocycles. The van der Waals surface area contributed by atoms with Crippen molar-refractivity contribution in [2.24, 2.45) is 0 Å². The van der Waals surface area contributed by atoms with Crippen molar-refractivity contribution in [2.75, 3.05) is 5.32 Å². The minimum Gasteiger partial charge on any atom is -0.324 e. The fraction of sp³-hybridized carbons (Fsp3) is 0.208. The number of benzene rings is 3. The lowest BCUT2D eigenvalue weighted by atomic mass is 10.0. The molecule has 5 nitrogen and oxygen atoms in total. The van der Waals surface area contributed by atoms with Gasteiger partial charge in [-0.1, -0.05) is 48.0 Å². The summed E-state index contributed by atoms with van der Waals surface area (Å²) in [6.07, 6.45) is 0.164. The number of hydrogen-bond donors (Lipinski definition) is 2. The molecule has 0 aliphatic carbocycles. The molecule has 0 aromatic heterocycles. The predicted octanol–water partition coefficient (Wildman–Crippen LogP) is 4.28. The first-order valence-electron chi connectivity index (χ1n) is 9.86. The molecule has 3 rings (SSSR count). The highest BCUT2D eigenvalue weighted by atomic mass is 32.2. The largest absolute Gasteiger partial charge is 0.324 e. The van der Waals surface area contributed by atoms with Crippen molar-refractivity contribution in [1.29, 1.82) is 0 Å². The lowest BCUT2D eigenvalue weighted by Crippen LogP contribution is -2.45. The average molecular weight is 441 g/mol. The number of nitrogens with one attached hydrogen (secondary N) is 2. The Balaban J connectivity index is 1.91. The van der Waals surface area contributed by atoms with Crippen LogP contribution >= 0.6 is 0 Å². The molecule has 0 fully saturated rings. The quantitative estimate of drug-likeness (QED) is 0.576. The summed E-state index contributed by atoms with van der Waals surface area (Å²) in [5.74, 6) is -1.01. The van der Waals surface area contributed by atoms with Crippen molar-refractivity contribution in [3.8, 4) is 0 Å². The minimum atomic E-state index is -4.04. The number of anilines is 1. The fourth-order valence-corrected chi connectivity index (χ4v) is 4.69. The monoisotopic (exact) mass is 440 g/mol. The van der Waals surface area contributed by atoms with Gasteiger partial charge in [0, 0.05) is 5.69 Å². The molecule has 0 radical (unpaired) electrons. The number of aryl methyl sites for hydroxylation is 3. The van der Waals surface area contributed by atoms with Crippen LogP contribution in [0.25, 0.3) is 0 Å². The first-order valence-corrected chi connectivity index (χ1v) is 11.3. The van der Waals surface area contributed by atoms with E-state index in [1.807, 2.05) is 63.2 Å². The Morgan fingerprint density at radius 1 is 0.935 bits per heavy atom. The molecule has 0 saturated carbocycles. The zero-order valence-electron chi connectivity index (χ0n) is 17.6. The molecular weight excluding hydrogens is 415 g/mol. The third-order valence-electron chi connectivity index (χ3n) is 4.95. The highest BCUT2D eigenvalue weighted by Crippen LogP contribution is 2.22. The van der Waals surface area contributed by atoms with E-state index in [2.05, 4.69) is 10.0 Å². The Morgan fingerprint density at radius 3 is 2.10 bits per heavy atom.